The Morgan fingerprint density at radius 2 is 2.00 bits per heavy atom. The Kier molecular flexibility index (Phi) is 5.86. The van der Waals surface area contributed by atoms with Gasteiger partial charge in [0.05, 0.1) is 22.3 Å². The molecule has 1 saturated carbocycles. The van der Waals surface area contributed by atoms with Gasteiger partial charge in [0.25, 0.3) is 0 Å². The van der Waals surface area contributed by atoms with Gasteiger partial charge in [-0.25, -0.2) is 4.39 Å². The second-order valence-corrected chi connectivity index (χ2v) is 10.8. The zero-order chi connectivity index (χ0) is 23.2. The van der Waals surface area contributed by atoms with Crippen LogP contribution in [-0.4, -0.2) is 28.0 Å². The summed E-state index contributed by atoms with van der Waals surface area (Å²) in [5.74, 6) is 1.79. The van der Waals surface area contributed by atoms with Gasteiger partial charge in [-0.05, 0) is 86.3 Å². The summed E-state index contributed by atoms with van der Waals surface area (Å²) < 4.78 is 22.1. The Balaban J connectivity index is 1.52. The van der Waals surface area contributed by atoms with Gasteiger partial charge in [0.15, 0.2) is 0 Å². The third kappa shape index (κ3) is 3.93. The molecule has 0 spiro atoms. The van der Waals surface area contributed by atoms with Crippen molar-refractivity contribution in [2.75, 3.05) is 13.2 Å². The van der Waals surface area contributed by atoms with Crippen molar-refractivity contribution in [2.45, 2.75) is 57.8 Å². The van der Waals surface area contributed by atoms with Gasteiger partial charge in [-0.1, -0.05) is 24.9 Å². The van der Waals surface area contributed by atoms with Crippen LogP contribution in [0.3, 0.4) is 0 Å². The van der Waals surface area contributed by atoms with Crippen molar-refractivity contribution >= 4 is 33.4 Å². The van der Waals surface area contributed by atoms with Crippen molar-refractivity contribution in [2.24, 2.45) is 11.8 Å². The molecule has 2 aliphatic rings. The maximum atomic E-state index is 14.1. The highest BCUT2D eigenvalue weighted by Crippen LogP contribution is 2.42. The van der Waals surface area contributed by atoms with Gasteiger partial charge in [0.1, 0.15) is 5.82 Å². The number of nitrogens with one attached hydrogen (secondary N) is 1. The topological polar surface area (TPSA) is 42.8 Å². The third-order valence-corrected chi connectivity index (χ3v) is 8.24. The Bertz CT molecular complexity index is 1330. The minimum Gasteiger partial charge on any atom is -0.381 e. The van der Waals surface area contributed by atoms with Gasteiger partial charge in [0, 0.05) is 41.3 Å². The van der Waals surface area contributed by atoms with Crippen molar-refractivity contribution in [1.82, 2.24) is 14.8 Å². The molecule has 1 aliphatic carbocycles. The van der Waals surface area contributed by atoms with Gasteiger partial charge in [-0.15, -0.1) is 0 Å². The summed E-state index contributed by atoms with van der Waals surface area (Å²) in [4.78, 5) is 0. The molecule has 0 unspecified atom stereocenters. The van der Waals surface area contributed by atoms with E-state index in [1.54, 1.807) is 6.07 Å². The Labute approximate surface area is 204 Å². The number of benzene rings is 2. The Morgan fingerprint density at radius 1 is 1.18 bits per heavy atom. The lowest BCUT2D eigenvalue weighted by atomic mass is 9.73. The number of fused-ring (bicyclic) bond motifs is 2. The van der Waals surface area contributed by atoms with Crippen molar-refractivity contribution in [1.29, 1.82) is 0 Å². The third-order valence-electron chi connectivity index (χ3n) is 7.95. The number of rotatable bonds is 6. The van der Waals surface area contributed by atoms with Crippen LogP contribution in [0.4, 0.5) is 4.39 Å². The first-order chi connectivity index (χ1) is 16.6. The molecule has 34 heavy (non-hydrogen) atoms. The van der Waals surface area contributed by atoms with Gasteiger partial charge < -0.3 is 9.30 Å². The van der Waals surface area contributed by atoms with Crippen LogP contribution in [0.1, 0.15) is 62.6 Å². The second-order valence-electron chi connectivity index (χ2n) is 10.3. The molecule has 2 fully saturated rings. The highest BCUT2D eigenvalue weighted by Gasteiger charge is 2.29. The number of aryl methyl sites for hydroxylation is 1. The number of aromatic nitrogens is 3. The van der Waals surface area contributed by atoms with Crippen LogP contribution in [0.2, 0.25) is 5.02 Å². The van der Waals surface area contributed by atoms with Crippen LogP contribution in [0.5, 0.6) is 0 Å². The molecule has 0 bridgehead atoms. The quantitative estimate of drug-likeness (QED) is 0.310. The lowest BCUT2D eigenvalue weighted by Crippen LogP contribution is -2.21. The largest absolute Gasteiger partial charge is 0.381 e. The molecule has 6 heteroatoms. The molecule has 2 aromatic heterocycles. The molecular weight excluding hydrogens is 449 g/mol. The van der Waals surface area contributed by atoms with E-state index in [1.165, 1.54) is 48.4 Å². The molecule has 1 aliphatic heterocycles. The van der Waals surface area contributed by atoms with E-state index in [2.05, 4.69) is 33.8 Å². The van der Waals surface area contributed by atoms with Crippen molar-refractivity contribution in [3.05, 3.63) is 58.6 Å². The summed E-state index contributed by atoms with van der Waals surface area (Å²) in [6, 6.07) is 9.56. The van der Waals surface area contributed by atoms with Crippen LogP contribution >= 0.6 is 11.6 Å². The second kappa shape index (κ2) is 9.01. The first-order valence-electron chi connectivity index (χ1n) is 12.6. The van der Waals surface area contributed by atoms with Gasteiger partial charge in [0.2, 0.25) is 0 Å². The number of halogens is 2. The van der Waals surface area contributed by atoms with Crippen LogP contribution < -0.4 is 0 Å². The van der Waals surface area contributed by atoms with Crippen LogP contribution in [0.15, 0.2) is 36.5 Å². The van der Waals surface area contributed by atoms with E-state index < -0.39 is 0 Å². The fraction of sp³-hybridized carbons (Fsp3) is 0.464. The molecule has 0 amide bonds. The Hall–Kier alpha value is -2.37. The van der Waals surface area contributed by atoms with E-state index >= 15 is 0 Å². The number of ether oxygens (including phenoxy) is 1. The summed E-state index contributed by atoms with van der Waals surface area (Å²) in [5.41, 5.74) is 5.88. The summed E-state index contributed by atoms with van der Waals surface area (Å²) in [5, 5.41) is 9.91. The minimum atomic E-state index is -0.387. The maximum absolute atomic E-state index is 14.1. The summed E-state index contributed by atoms with van der Waals surface area (Å²) in [6.45, 7) is 3.91. The average Bonchev–Trinajstić information content (AvgIpc) is 3.41. The van der Waals surface area contributed by atoms with E-state index in [0.717, 1.165) is 66.4 Å². The molecule has 1 saturated heterocycles. The molecular formula is C28H31ClFN3O. The molecule has 1 N–H and O–H groups in total. The van der Waals surface area contributed by atoms with E-state index in [9.17, 15) is 4.39 Å². The van der Waals surface area contributed by atoms with E-state index in [0.29, 0.717) is 5.92 Å². The fourth-order valence-corrected chi connectivity index (χ4v) is 6.42. The maximum Gasteiger partial charge on any atom is 0.141 e. The van der Waals surface area contributed by atoms with E-state index in [1.807, 2.05) is 12.3 Å². The van der Waals surface area contributed by atoms with E-state index in [4.69, 9.17) is 16.3 Å². The van der Waals surface area contributed by atoms with Gasteiger partial charge in [-0.2, -0.15) is 5.10 Å². The number of aromatic amines is 1. The predicted octanol–water partition coefficient (Wildman–Crippen LogP) is 7.56. The molecule has 4 nitrogen and oxygen atoms in total. The van der Waals surface area contributed by atoms with Crippen LogP contribution in [0, 0.1) is 17.7 Å². The predicted molar refractivity (Wildman–Crippen MR) is 136 cm³/mol. The summed E-state index contributed by atoms with van der Waals surface area (Å²) in [6.07, 6.45) is 10.1. The monoisotopic (exact) mass is 479 g/mol. The first-order valence-corrected chi connectivity index (χ1v) is 13.0. The fourth-order valence-electron chi connectivity index (χ4n) is 6.25. The number of nitrogens with zero attached hydrogens (tertiary/aromatic N) is 2. The first kappa shape index (κ1) is 22.1. The Morgan fingerprint density at radius 3 is 2.76 bits per heavy atom. The van der Waals surface area contributed by atoms with Gasteiger partial charge >= 0.3 is 0 Å². The summed E-state index contributed by atoms with van der Waals surface area (Å²) in [7, 11) is 0. The minimum absolute atomic E-state index is 0.155. The van der Waals surface area contributed by atoms with E-state index in [-0.39, 0.29) is 10.8 Å². The molecule has 3 heterocycles. The summed E-state index contributed by atoms with van der Waals surface area (Å²) >= 11 is 6.27. The molecule has 0 radical (unpaired) electrons. The standard InChI is InChI=1S/C28H31ClFN3O/c1-17-11-18(12-17)3-2-4-22-23-15-26-20(16-31-32-26)13-27(23)33(21-5-6-25(30)24(29)14-21)28(22)19-7-9-34-10-8-19/h5-6,13-19H,2-4,7-12H2,1H3,(H,31,32). The van der Waals surface area contributed by atoms with Crippen molar-refractivity contribution < 1.29 is 9.13 Å². The molecule has 4 aromatic rings. The lowest BCUT2D eigenvalue weighted by molar-refractivity contribution is 0.0840. The lowest BCUT2D eigenvalue weighted by Gasteiger charge is -2.32. The van der Waals surface area contributed by atoms with Gasteiger partial charge in [-0.3, -0.25) is 5.10 Å². The molecule has 2 aromatic carbocycles. The van der Waals surface area contributed by atoms with Crippen molar-refractivity contribution in [3.8, 4) is 5.69 Å². The number of hydrogen-bond donors (Lipinski definition) is 1. The van der Waals surface area contributed by atoms with Crippen molar-refractivity contribution in [3.63, 3.8) is 0 Å². The molecule has 6 rings (SSSR count). The molecule has 0 atom stereocenters. The smallest absolute Gasteiger partial charge is 0.141 e. The highest BCUT2D eigenvalue weighted by atomic mass is 35.5. The number of H-pyrrole nitrogens is 1. The SMILES string of the molecule is CC1CC(CCCc2c(C3CCOCC3)n(-c3ccc(F)c(Cl)c3)c3cc4cn[nH]c4cc23)C1. The zero-order valence-corrected chi connectivity index (χ0v) is 20.4. The normalized spacial score (nSPS) is 21.4. The average molecular weight is 480 g/mol. The van der Waals surface area contributed by atoms with Crippen LogP contribution in [-0.2, 0) is 11.2 Å². The zero-order valence-electron chi connectivity index (χ0n) is 19.6. The highest BCUT2D eigenvalue weighted by molar-refractivity contribution is 6.30. The van der Waals surface area contributed by atoms with Crippen LogP contribution in [0.25, 0.3) is 27.5 Å². The molecule has 178 valence electrons. The number of hydrogen-bond acceptors (Lipinski definition) is 2.